The number of amides is 1. The summed E-state index contributed by atoms with van der Waals surface area (Å²) in [6.07, 6.45) is 1.96. The molecule has 7 heteroatoms. The van der Waals surface area contributed by atoms with Crippen LogP contribution in [0, 0.1) is 5.92 Å². The molecule has 1 aromatic rings. The van der Waals surface area contributed by atoms with Gasteiger partial charge in [-0.25, -0.2) is 9.79 Å². The molecule has 1 atom stereocenters. The summed E-state index contributed by atoms with van der Waals surface area (Å²) in [6.45, 7) is 4.75. The van der Waals surface area contributed by atoms with Gasteiger partial charge in [0, 0.05) is 18.8 Å². The maximum Gasteiger partial charge on any atom is 0.411 e. The van der Waals surface area contributed by atoms with Crippen molar-refractivity contribution in [2.24, 2.45) is 16.6 Å². The zero-order valence-electron chi connectivity index (χ0n) is 13.6. The zero-order valence-corrected chi connectivity index (χ0v) is 15.9. The molecule has 1 saturated heterocycles. The van der Waals surface area contributed by atoms with Gasteiger partial charge in [-0.3, -0.25) is 5.32 Å². The van der Waals surface area contributed by atoms with Crippen LogP contribution >= 0.6 is 24.0 Å². The number of hydrogen-bond acceptors (Lipinski definition) is 3. The minimum absolute atomic E-state index is 0. The Morgan fingerprint density at radius 3 is 2.74 bits per heavy atom. The highest BCUT2D eigenvalue weighted by atomic mass is 127. The number of anilines is 1. The lowest BCUT2D eigenvalue weighted by molar-refractivity contribution is 0.187. The van der Waals surface area contributed by atoms with Crippen molar-refractivity contribution in [3.05, 3.63) is 29.8 Å². The minimum Gasteiger partial charge on any atom is -0.453 e. The molecule has 23 heavy (non-hydrogen) atoms. The van der Waals surface area contributed by atoms with E-state index in [-0.39, 0.29) is 24.0 Å². The number of piperidine rings is 1. The standard InChI is InChI=1S/C16H24N4O2.HI/c1-12-4-3-9-20(11-12)15(17)18-10-13-5-7-14(8-6-13)19-16(21)22-2;/h5-8,12H,3-4,9-11H2,1-2H3,(H2,17,18)(H,19,21);1H. The van der Waals surface area contributed by atoms with E-state index in [9.17, 15) is 4.79 Å². The summed E-state index contributed by atoms with van der Waals surface area (Å²) in [7, 11) is 1.34. The Labute approximate surface area is 154 Å². The predicted molar refractivity (Wildman–Crippen MR) is 103 cm³/mol. The third-order valence-corrected chi connectivity index (χ3v) is 3.79. The third-order valence-electron chi connectivity index (χ3n) is 3.79. The Morgan fingerprint density at radius 1 is 1.43 bits per heavy atom. The predicted octanol–water partition coefficient (Wildman–Crippen LogP) is 3.03. The fourth-order valence-electron chi connectivity index (χ4n) is 2.53. The van der Waals surface area contributed by atoms with E-state index < -0.39 is 6.09 Å². The van der Waals surface area contributed by atoms with E-state index >= 15 is 0 Å². The number of nitrogens with one attached hydrogen (secondary N) is 1. The molecule has 0 radical (unpaired) electrons. The normalized spacial score (nSPS) is 18.1. The maximum absolute atomic E-state index is 11.1. The summed E-state index contributed by atoms with van der Waals surface area (Å²) >= 11 is 0. The third kappa shape index (κ3) is 6.25. The lowest BCUT2D eigenvalue weighted by Crippen LogP contribution is -2.43. The van der Waals surface area contributed by atoms with Crippen molar-refractivity contribution in [3.8, 4) is 0 Å². The van der Waals surface area contributed by atoms with E-state index in [1.54, 1.807) is 0 Å². The zero-order chi connectivity index (χ0) is 15.9. The van der Waals surface area contributed by atoms with Crippen molar-refractivity contribution < 1.29 is 9.53 Å². The molecule has 1 unspecified atom stereocenters. The molecule has 1 aliphatic rings. The van der Waals surface area contributed by atoms with Crippen molar-refractivity contribution in [2.75, 3.05) is 25.5 Å². The summed E-state index contributed by atoms with van der Waals surface area (Å²) in [5, 5.41) is 2.61. The van der Waals surface area contributed by atoms with Crippen LogP contribution in [0.2, 0.25) is 0 Å². The number of halogens is 1. The fourth-order valence-corrected chi connectivity index (χ4v) is 2.53. The lowest BCUT2D eigenvalue weighted by atomic mass is 10.0. The second-order valence-electron chi connectivity index (χ2n) is 5.68. The Bertz CT molecular complexity index is 533. The van der Waals surface area contributed by atoms with Gasteiger partial charge in [0.15, 0.2) is 5.96 Å². The van der Waals surface area contributed by atoms with Crippen LogP contribution in [0.25, 0.3) is 0 Å². The number of carbonyl (C=O) groups is 1. The second-order valence-corrected chi connectivity index (χ2v) is 5.68. The number of methoxy groups -OCH3 is 1. The largest absolute Gasteiger partial charge is 0.453 e. The summed E-state index contributed by atoms with van der Waals surface area (Å²) in [5.41, 5.74) is 7.81. The Balaban J connectivity index is 0.00000264. The number of aliphatic imine (C=N–C) groups is 1. The van der Waals surface area contributed by atoms with E-state index in [2.05, 4.69) is 26.9 Å². The van der Waals surface area contributed by atoms with E-state index in [0.29, 0.717) is 24.1 Å². The summed E-state index contributed by atoms with van der Waals surface area (Å²) in [6, 6.07) is 7.48. The van der Waals surface area contributed by atoms with Crippen LogP contribution in [0.15, 0.2) is 29.3 Å². The van der Waals surface area contributed by atoms with Crippen molar-refractivity contribution in [2.45, 2.75) is 26.3 Å². The smallest absolute Gasteiger partial charge is 0.411 e. The molecule has 1 aliphatic heterocycles. The van der Waals surface area contributed by atoms with Gasteiger partial charge in [0.2, 0.25) is 0 Å². The van der Waals surface area contributed by atoms with Crippen LogP contribution in [0.3, 0.4) is 0 Å². The highest BCUT2D eigenvalue weighted by Gasteiger charge is 2.17. The molecule has 0 saturated carbocycles. The van der Waals surface area contributed by atoms with Crippen LogP contribution in [-0.4, -0.2) is 37.2 Å². The topological polar surface area (TPSA) is 79.9 Å². The number of benzene rings is 1. The van der Waals surface area contributed by atoms with Gasteiger partial charge in [0.25, 0.3) is 0 Å². The van der Waals surface area contributed by atoms with Crippen LogP contribution < -0.4 is 11.1 Å². The van der Waals surface area contributed by atoms with Crippen LogP contribution in [0.5, 0.6) is 0 Å². The van der Waals surface area contributed by atoms with E-state index in [0.717, 1.165) is 18.7 Å². The lowest BCUT2D eigenvalue weighted by Gasteiger charge is -2.31. The van der Waals surface area contributed by atoms with Gasteiger partial charge in [-0.15, -0.1) is 24.0 Å². The highest BCUT2D eigenvalue weighted by molar-refractivity contribution is 14.0. The first-order valence-electron chi connectivity index (χ1n) is 7.57. The molecule has 1 fully saturated rings. The second kappa shape index (κ2) is 9.59. The van der Waals surface area contributed by atoms with Gasteiger partial charge in [-0.2, -0.15) is 0 Å². The number of nitrogens with zero attached hydrogens (tertiary/aromatic N) is 2. The van der Waals surface area contributed by atoms with Gasteiger partial charge in [0.05, 0.1) is 13.7 Å². The fraction of sp³-hybridized carbons (Fsp3) is 0.500. The first-order valence-corrected chi connectivity index (χ1v) is 7.57. The number of guanidine groups is 1. The number of rotatable bonds is 3. The number of likely N-dealkylation sites (tertiary alicyclic amines) is 1. The number of nitrogens with two attached hydrogens (primary N) is 1. The van der Waals surface area contributed by atoms with Gasteiger partial charge < -0.3 is 15.4 Å². The highest BCUT2D eigenvalue weighted by Crippen LogP contribution is 2.15. The molecule has 1 aromatic carbocycles. The average molecular weight is 432 g/mol. The maximum atomic E-state index is 11.1. The molecule has 2 rings (SSSR count). The molecule has 1 amide bonds. The van der Waals surface area contributed by atoms with E-state index in [1.807, 2.05) is 24.3 Å². The summed E-state index contributed by atoms with van der Waals surface area (Å²) < 4.78 is 4.55. The first kappa shape index (κ1) is 19.5. The first-order chi connectivity index (χ1) is 10.6. The SMILES string of the molecule is COC(=O)Nc1ccc(CN=C(N)N2CCCC(C)C2)cc1.I. The average Bonchev–Trinajstić information content (AvgIpc) is 2.53. The van der Waals surface area contributed by atoms with Gasteiger partial charge in [0.1, 0.15) is 0 Å². The monoisotopic (exact) mass is 432 g/mol. The van der Waals surface area contributed by atoms with Crippen molar-refractivity contribution >= 4 is 41.7 Å². The molecule has 128 valence electrons. The van der Waals surface area contributed by atoms with Crippen molar-refractivity contribution in [1.82, 2.24) is 4.90 Å². The Kier molecular flexibility index (Phi) is 8.15. The number of ether oxygens (including phenoxy) is 1. The molecular weight excluding hydrogens is 407 g/mol. The van der Waals surface area contributed by atoms with Crippen LogP contribution in [0.4, 0.5) is 10.5 Å². The van der Waals surface area contributed by atoms with Crippen LogP contribution in [-0.2, 0) is 11.3 Å². The Hall–Kier alpha value is -1.51. The summed E-state index contributed by atoms with van der Waals surface area (Å²) in [5.74, 6) is 1.29. The minimum atomic E-state index is -0.478. The Morgan fingerprint density at radius 2 is 2.13 bits per heavy atom. The van der Waals surface area contributed by atoms with E-state index in [1.165, 1.54) is 20.0 Å². The number of hydrogen-bond donors (Lipinski definition) is 2. The van der Waals surface area contributed by atoms with Crippen LogP contribution in [0.1, 0.15) is 25.3 Å². The van der Waals surface area contributed by atoms with Gasteiger partial charge in [-0.05, 0) is 36.5 Å². The molecule has 0 spiro atoms. The van der Waals surface area contributed by atoms with Crippen molar-refractivity contribution in [1.29, 1.82) is 0 Å². The van der Waals surface area contributed by atoms with Gasteiger partial charge >= 0.3 is 6.09 Å². The number of carbonyl (C=O) groups excluding carboxylic acids is 1. The summed E-state index contributed by atoms with van der Waals surface area (Å²) in [4.78, 5) is 17.7. The molecule has 3 N–H and O–H groups in total. The molecular formula is C16H25IN4O2. The molecule has 0 aromatic heterocycles. The molecule has 6 nitrogen and oxygen atoms in total. The molecule has 0 bridgehead atoms. The molecule has 1 heterocycles. The van der Waals surface area contributed by atoms with E-state index in [4.69, 9.17) is 5.73 Å². The van der Waals surface area contributed by atoms with Crippen molar-refractivity contribution in [3.63, 3.8) is 0 Å². The quantitative estimate of drug-likeness (QED) is 0.437. The van der Waals surface area contributed by atoms with Gasteiger partial charge in [-0.1, -0.05) is 19.1 Å². The molecule has 0 aliphatic carbocycles.